The molecule has 0 spiro atoms. The number of hydrogen-bond acceptors (Lipinski definition) is 6. The molecule has 0 atom stereocenters. The minimum Gasteiger partial charge on any atom is -0.384 e. The summed E-state index contributed by atoms with van der Waals surface area (Å²) >= 11 is 0. The number of aryl methyl sites for hydroxylation is 1. The number of benzene rings is 2. The van der Waals surface area contributed by atoms with E-state index in [0.717, 1.165) is 46.7 Å². The first-order valence-electron chi connectivity index (χ1n) is 10.3. The number of nitro benzene ring substituents is 1. The molecule has 4 rings (SSSR count). The number of nitrogens with zero attached hydrogens (tertiary/aromatic N) is 3. The third kappa shape index (κ3) is 3.95. The fourth-order valence-corrected chi connectivity index (χ4v) is 4.27. The van der Waals surface area contributed by atoms with Crippen LogP contribution in [0.3, 0.4) is 0 Å². The highest BCUT2D eigenvalue weighted by molar-refractivity contribution is 5.93. The third-order valence-corrected chi connectivity index (χ3v) is 6.08. The van der Waals surface area contributed by atoms with Crippen molar-refractivity contribution in [1.29, 1.82) is 0 Å². The summed E-state index contributed by atoms with van der Waals surface area (Å²) in [7, 11) is 0. The second kappa shape index (κ2) is 8.31. The Balaban J connectivity index is 1.40. The zero-order valence-corrected chi connectivity index (χ0v) is 17.4. The van der Waals surface area contributed by atoms with Gasteiger partial charge in [0.25, 0.3) is 5.69 Å². The number of anilines is 3. The fraction of sp³-hybridized carbons (Fsp3) is 0.409. The van der Waals surface area contributed by atoms with E-state index in [1.165, 1.54) is 0 Å². The van der Waals surface area contributed by atoms with E-state index in [1.54, 1.807) is 12.1 Å². The van der Waals surface area contributed by atoms with Crippen LogP contribution in [0.4, 0.5) is 22.7 Å². The molecule has 0 radical (unpaired) electrons. The Morgan fingerprint density at radius 2 is 1.93 bits per heavy atom. The minimum atomic E-state index is -0.294. The summed E-state index contributed by atoms with van der Waals surface area (Å²) < 4.78 is 0. The van der Waals surface area contributed by atoms with Crippen molar-refractivity contribution in [2.45, 2.75) is 20.3 Å². The lowest BCUT2D eigenvalue weighted by atomic mass is 10.1. The maximum atomic E-state index is 12.5. The van der Waals surface area contributed by atoms with E-state index in [2.05, 4.69) is 20.4 Å². The van der Waals surface area contributed by atoms with Crippen LogP contribution in [0.5, 0.6) is 0 Å². The molecule has 2 aromatic carbocycles. The minimum absolute atomic E-state index is 0.0343. The van der Waals surface area contributed by atoms with Gasteiger partial charge in [-0.15, -0.1) is 0 Å². The molecule has 0 saturated carbocycles. The van der Waals surface area contributed by atoms with Crippen molar-refractivity contribution in [2.75, 3.05) is 54.8 Å². The lowest BCUT2D eigenvalue weighted by Crippen LogP contribution is -2.49. The highest BCUT2D eigenvalue weighted by Gasteiger charge is 2.30. The number of piperazine rings is 1. The Bertz CT molecular complexity index is 983. The molecule has 2 aromatic rings. The number of hydrogen-bond donors (Lipinski definition) is 2. The van der Waals surface area contributed by atoms with Gasteiger partial charge in [-0.1, -0.05) is 12.1 Å². The monoisotopic (exact) mass is 409 g/mol. The number of fused-ring (bicyclic) bond motifs is 1. The number of rotatable bonds is 5. The Morgan fingerprint density at radius 3 is 2.67 bits per heavy atom. The van der Waals surface area contributed by atoms with E-state index >= 15 is 0 Å². The average molecular weight is 409 g/mol. The van der Waals surface area contributed by atoms with Crippen molar-refractivity contribution in [1.82, 2.24) is 4.90 Å². The van der Waals surface area contributed by atoms with E-state index < -0.39 is 0 Å². The molecule has 0 aromatic heterocycles. The molecule has 1 amide bonds. The molecule has 30 heavy (non-hydrogen) atoms. The van der Waals surface area contributed by atoms with E-state index in [1.807, 2.05) is 32.0 Å². The first-order chi connectivity index (χ1) is 14.4. The number of carbonyl (C=O) groups excluding carboxylic acids is 1. The van der Waals surface area contributed by atoms with Gasteiger partial charge in [0, 0.05) is 55.7 Å². The Kier molecular flexibility index (Phi) is 5.59. The molecule has 8 nitrogen and oxygen atoms in total. The van der Waals surface area contributed by atoms with Crippen LogP contribution >= 0.6 is 0 Å². The second-order valence-electron chi connectivity index (χ2n) is 7.95. The third-order valence-electron chi connectivity index (χ3n) is 6.08. The van der Waals surface area contributed by atoms with Crippen LogP contribution in [0.25, 0.3) is 0 Å². The molecule has 2 N–H and O–H groups in total. The van der Waals surface area contributed by atoms with Crippen LogP contribution < -0.4 is 15.5 Å². The maximum Gasteiger partial charge on any atom is 0.292 e. The summed E-state index contributed by atoms with van der Waals surface area (Å²) in [5.41, 5.74) is 6.00. The molecule has 1 saturated heterocycles. The highest BCUT2D eigenvalue weighted by Crippen LogP contribution is 2.39. The van der Waals surface area contributed by atoms with Gasteiger partial charge in [-0.25, -0.2) is 0 Å². The van der Waals surface area contributed by atoms with Gasteiger partial charge in [0.2, 0.25) is 5.91 Å². The van der Waals surface area contributed by atoms with Gasteiger partial charge in [-0.2, -0.15) is 0 Å². The zero-order valence-electron chi connectivity index (χ0n) is 17.4. The molecule has 0 aliphatic carbocycles. The van der Waals surface area contributed by atoms with E-state index in [-0.39, 0.29) is 16.5 Å². The number of nitrogens with one attached hydrogen (secondary N) is 2. The fourth-order valence-electron chi connectivity index (χ4n) is 4.27. The van der Waals surface area contributed by atoms with E-state index in [0.29, 0.717) is 32.7 Å². The number of amides is 1. The molecule has 0 unspecified atom stereocenters. The van der Waals surface area contributed by atoms with Gasteiger partial charge in [-0.3, -0.25) is 19.8 Å². The van der Waals surface area contributed by atoms with Crippen molar-refractivity contribution in [3.8, 4) is 0 Å². The highest BCUT2D eigenvalue weighted by atomic mass is 16.6. The van der Waals surface area contributed by atoms with Crippen molar-refractivity contribution in [2.24, 2.45) is 0 Å². The number of carbonyl (C=O) groups is 1. The predicted molar refractivity (Wildman–Crippen MR) is 118 cm³/mol. The molecular weight excluding hydrogens is 382 g/mol. The van der Waals surface area contributed by atoms with E-state index in [9.17, 15) is 14.9 Å². The summed E-state index contributed by atoms with van der Waals surface area (Å²) in [5.74, 6) is -0.0343. The van der Waals surface area contributed by atoms with Crippen LogP contribution in [-0.4, -0.2) is 55.0 Å². The molecule has 2 heterocycles. The smallest absolute Gasteiger partial charge is 0.292 e. The second-order valence-corrected chi connectivity index (χ2v) is 7.95. The summed E-state index contributed by atoms with van der Waals surface area (Å²) in [5, 5.41) is 17.9. The van der Waals surface area contributed by atoms with Crippen LogP contribution in [0.1, 0.15) is 16.7 Å². The normalized spacial score (nSPS) is 16.1. The predicted octanol–water partition coefficient (Wildman–Crippen LogP) is 2.94. The SMILES string of the molecule is Cc1cccc(NC(=O)CN2CCN(c3c([N+](=O)[O-])ccc4c3CCN4)CC2)c1C. The molecular formula is C22H27N5O3. The summed E-state index contributed by atoms with van der Waals surface area (Å²) in [6.45, 7) is 7.86. The molecule has 2 aliphatic heterocycles. The molecule has 0 bridgehead atoms. The average Bonchev–Trinajstić information content (AvgIpc) is 3.20. The van der Waals surface area contributed by atoms with Crippen molar-refractivity contribution in [3.63, 3.8) is 0 Å². The summed E-state index contributed by atoms with van der Waals surface area (Å²) in [6, 6.07) is 9.28. The van der Waals surface area contributed by atoms with Gasteiger partial charge >= 0.3 is 0 Å². The Morgan fingerprint density at radius 1 is 1.17 bits per heavy atom. The van der Waals surface area contributed by atoms with Crippen molar-refractivity contribution in [3.05, 3.63) is 57.1 Å². The largest absolute Gasteiger partial charge is 0.384 e. The Labute approximate surface area is 176 Å². The molecule has 8 heteroatoms. The van der Waals surface area contributed by atoms with Gasteiger partial charge < -0.3 is 15.5 Å². The quantitative estimate of drug-likeness (QED) is 0.583. The molecule has 2 aliphatic rings. The van der Waals surface area contributed by atoms with Gasteiger partial charge in [0.05, 0.1) is 11.5 Å². The van der Waals surface area contributed by atoms with Gasteiger partial charge in [0.1, 0.15) is 5.69 Å². The summed E-state index contributed by atoms with van der Waals surface area (Å²) in [6.07, 6.45) is 0.796. The summed E-state index contributed by atoms with van der Waals surface area (Å²) in [4.78, 5) is 28.0. The standard InChI is InChI=1S/C22H27N5O3/c1-15-4-3-5-18(16(15)2)24-21(28)14-25-10-12-26(13-11-25)22-17-8-9-23-19(17)6-7-20(22)27(29)30/h3-7,23H,8-14H2,1-2H3,(H,24,28). The van der Waals surface area contributed by atoms with Crippen LogP contribution in [-0.2, 0) is 11.2 Å². The van der Waals surface area contributed by atoms with Crippen LogP contribution in [0, 0.1) is 24.0 Å². The first-order valence-corrected chi connectivity index (χ1v) is 10.3. The topological polar surface area (TPSA) is 90.8 Å². The Hall–Kier alpha value is -3.13. The van der Waals surface area contributed by atoms with Crippen molar-refractivity contribution >= 4 is 28.7 Å². The zero-order chi connectivity index (χ0) is 21.3. The lowest BCUT2D eigenvalue weighted by molar-refractivity contribution is -0.384. The van der Waals surface area contributed by atoms with Crippen LogP contribution in [0.15, 0.2) is 30.3 Å². The van der Waals surface area contributed by atoms with Crippen molar-refractivity contribution < 1.29 is 9.72 Å². The number of nitro groups is 1. The maximum absolute atomic E-state index is 12.5. The van der Waals surface area contributed by atoms with Gasteiger partial charge in [-0.05, 0) is 43.5 Å². The molecule has 1 fully saturated rings. The molecule has 158 valence electrons. The van der Waals surface area contributed by atoms with Crippen LogP contribution in [0.2, 0.25) is 0 Å². The van der Waals surface area contributed by atoms with Gasteiger partial charge in [0.15, 0.2) is 0 Å². The van der Waals surface area contributed by atoms with E-state index in [4.69, 9.17) is 0 Å². The first kappa shape index (κ1) is 20.2. The lowest BCUT2D eigenvalue weighted by Gasteiger charge is -2.36.